The molecular weight excluding hydrogens is 571 g/mol. The maximum atomic E-state index is 14.4. The Bertz CT molecular complexity index is 1600. The molecule has 3 fully saturated rings. The molecule has 0 unspecified atom stereocenters. The number of hydrogen-bond acceptors (Lipinski definition) is 6. The quantitative estimate of drug-likeness (QED) is 0.253. The van der Waals surface area contributed by atoms with Gasteiger partial charge in [-0.15, -0.1) is 18.3 Å². The van der Waals surface area contributed by atoms with Gasteiger partial charge in [0.1, 0.15) is 28.7 Å². The summed E-state index contributed by atoms with van der Waals surface area (Å²) in [6, 6.07) is 16.1. The summed E-state index contributed by atoms with van der Waals surface area (Å²) in [5, 5.41) is 8.77. The van der Waals surface area contributed by atoms with Gasteiger partial charge in [0.2, 0.25) is 0 Å². The van der Waals surface area contributed by atoms with Crippen molar-refractivity contribution in [2.45, 2.75) is 63.5 Å². The highest BCUT2D eigenvalue weighted by Crippen LogP contribution is 2.43. The molecule has 4 aromatic rings. The van der Waals surface area contributed by atoms with E-state index < -0.39 is 6.36 Å². The van der Waals surface area contributed by atoms with Gasteiger partial charge in [0.25, 0.3) is 5.91 Å². The maximum absolute atomic E-state index is 14.4. The molecule has 2 aromatic heterocycles. The molecule has 3 aliphatic rings. The molecule has 1 amide bonds. The van der Waals surface area contributed by atoms with Gasteiger partial charge in [0.15, 0.2) is 0 Å². The number of piperidine rings is 1. The average Bonchev–Trinajstić information content (AvgIpc) is 3.37. The number of ether oxygens (including phenoxy) is 1. The van der Waals surface area contributed by atoms with Crippen molar-refractivity contribution >= 4 is 5.91 Å². The van der Waals surface area contributed by atoms with Crippen LogP contribution in [0.2, 0.25) is 0 Å². The van der Waals surface area contributed by atoms with Crippen molar-refractivity contribution in [3.63, 3.8) is 0 Å². The Labute approximate surface area is 253 Å². The number of halogens is 3. The standard InChI is InChI=1S/C32H34F3N7O2/c33-32(34,35)44-26-12-8-23(9-13-26)30-36-28(27-21-41(38-37-27)20-22-6-2-1-3-7-22)29(42(30)25-10-11-25)31(43)40-18-14-24(15-19-40)39-16-4-5-17-39/h1-3,6-9,12-13,21,24-25H,4-5,10-11,14-20H2. The van der Waals surface area contributed by atoms with E-state index in [2.05, 4.69) is 19.9 Å². The first-order valence-corrected chi connectivity index (χ1v) is 15.3. The molecule has 0 bridgehead atoms. The van der Waals surface area contributed by atoms with Crippen molar-refractivity contribution in [1.82, 2.24) is 34.3 Å². The van der Waals surface area contributed by atoms with Crippen LogP contribution in [-0.4, -0.2) is 78.8 Å². The predicted molar refractivity (Wildman–Crippen MR) is 157 cm³/mol. The summed E-state index contributed by atoms with van der Waals surface area (Å²) >= 11 is 0. The molecule has 4 heterocycles. The zero-order chi connectivity index (χ0) is 30.3. The normalized spacial score (nSPS) is 18.2. The van der Waals surface area contributed by atoms with Crippen LogP contribution in [0.4, 0.5) is 13.2 Å². The van der Waals surface area contributed by atoms with Crippen LogP contribution >= 0.6 is 0 Å². The Morgan fingerprint density at radius 3 is 2.25 bits per heavy atom. The van der Waals surface area contributed by atoms with Crippen molar-refractivity contribution in [1.29, 1.82) is 0 Å². The van der Waals surface area contributed by atoms with Gasteiger partial charge in [-0.25, -0.2) is 9.67 Å². The minimum Gasteiger partial charge on any atom is -0.406 e. The van der Waals surface area contributed by atoms with Crippen molar-refractivity contribution in [3.05, 3.63) is 72.1 Å². The summed E-state index contributed by atoms with van der Waals surface area (Å²) in [6.45, 7) is 4.10. The van der Waals surface area contributed by atoms with Crippen molar-refractivity contribution in [3.8, 4) is 28.5 Å². The molecule has 230 valence electrons. The molecule has 0 radical (unpaired) electrons. The first-order valence-electron chi connectivity index (χ1n) is 15.3. The van der Waals surface area contributed by atoms with Gasteiger partial charge in [0, 0.05) is 30.7 Å². The van der Waals surface area contributed by atoms with Gasteiger partial charge in [-0.3, -0.25) is 4.79 Å². The monoisotopic (exact) mass is 605 g/mol. The Hall–Kier alpha value is -4.19. The average molecular weight is 606 g/mol. The number of hydrogen-bond donors (Lipinski definition) is 0. The molecule has 1 saturated carbocycles. The molecule has 7 rings (SSSR count). The van der Waals surface area contributed by atoms with Crippen LogP contribution in [0, 0.1) is 0 Å². The predicted octanol–water partition coefficient (Wildman–Crippen LogP) is 5.79. The molecule has 0 atom stereocenters. The molecule has 2 aromatic carbocycles. The van der Waals surface area contributed by atoms with Crippen LogP contribution in [0.25, 0.3) is 22.8 Å². The Balaban J connectivity index is 1.24. The molecule has 9 nitrogen and oxygen atoms in total. The summed E-state index contributed by atoms with van der Waals surface area (Å²) in [6.07, 6.45) is 3.12. The van der Waals surface area contributed by atoms with E-state index in [1.807, 2.05) is 39.8 Å². The number of likely N-dealkylation sites (tertiary alicyclic amines) is 2. The molecular formula is C32H34F3N7O2. The second-order valence-electron chi connectivity index (χ2n) is 11.9. The van der Waals surface area contributed by atoms with E-state index >= 15 is 0 Å². The van der Waals surface area contributed by atoms with Crippen molar-refractivity contribution < 1.29 is 22.7 Å². The Morgan fingerprint density at radius 2 is 1.59 bits per heavy atom. The number of rotatable bonds is 8. The fourth-order valence-corrected chi connectivity index (χ4v) is 6.46. The number of carbonyl (C=O) groups is 1. The number of amides is 1. The fourth-order valence-electron chi connectivity index (χ4n) is 6.46. The maximum Gasteiger partial charge on any atom is 0.573 e. The zero-order valence-electron chi connectivity index (χ0n) is 24.3. The van der Waals surface area contributed by atoms with Crippen LogP contribution in [0.3, 0.4) is 0 Å². The number of imidazole rings is 1. The third kappa shape index (κ3) is 6.08. The Kier molecular flexibility index (Phi) is 7.61. The summed E-state index contributed by atoms with van der Waals surface area (Å²) in [7, 11) is 0. The molecule has 2 aliphatic heterocycles. The molecule has 0 spiro atoms. The lowest BCUT2D eigenvalue weighted by atomic mass is 10.0. The minimum atomic E-state index is -4.78. The number of benzene rings is 2. The molecule has 44 heavy (non-hydrogen) atoms. The second kappa shape index (κ2) is 11.7. The van der Waals surface area contributed by atoms with Crippen LogP contribution in [-0.2, 0) is 6.54 Å². The van der Waals surface area contributed by atoms with Gasteiger partial charge in [-0.05, 0) is 81.4 Å². The van der Waals surface area contributed by atoms with Crippen LogP contribution < -0.4 is 4.74 Å². The number of nitrogens with zero attached hydrogens (tertiary/aromatic N) is 7. The number of carbonyl (C=O) groups excluding carboxylic acids is 1. The topological polar surface area (TPSA) is 81.3 Å². The number of aromatic nitrogens is 5. The van der Waals surface area contributed by atoms with E-state index in [4.69, 9.17) is 4.98 Å². The lowest BCUT2D eigenvalue weighted by Gasteiger charge is -2.36. The van der Waals surface area contributed by atoms with Gasteiger partial charge < -0.3 is 19.1 Å². The van der Waals surface area contributed by atoms with E-state index in [1.54, 1.807) is 23.0 Å². The SMILES string of the molecule is O=C(c1c(-c2cn(Cc3ccccc3)nn2)nc(-c2ccc(OC(F)(F)F)cc2)n1C1CC1)N1CCC(N2CCCC2)CC1. The van der Waals surface area contributed by atoms with E-state index in [9.17, 15) is 18.0 Å². The van der Waals surface area contributed by atoms with Gasteiger partial charge >= 0.3 is 6.36 Å². The molecule has 12 heteroatoms. The molecule has 0 N–H and O–H groups in total. The lowest BCUT2D eigenvalue weighted by molar-refractivity contribution is -0.274. The lowest BCUT2D eigenvalue weighted by Crippen LogP contribution is -2.46. The third-order valence-electron chi connectivity index (χ3n) is 8.75. The summed E-state index contributed by atoms with van der Waals surface area (Å²) in [5.74, 6) is 0.112. The van der Waals surface area contributed by atoms with Gasteiger partial charge in [-0.2, -0.15) is 0 Å². The zero-order valence-corrected chi connectivity index (χ0v) is 24.3. The third-order valence-corrected chi connectivity index (χ3v) is 8.75. The first-order chi connectivity index (χ1) is 21.3. The fraction of sp³-hybridized carbons (Fsp3) is 0.438. The summed E-state index contributed by atoms with van der Waals surface area (Å²) < 4.78 is 46.2. The summed E-state index contributed by atoms with van der Waals surface area (Å²) in [4.78, 5) is 23.8. The number of alkyl halides is 3. The molecule has 2 saturated heterocycles. The van der Waals surface area contributed by atoms with E-state index in [1.165, 1.54) is 25.0 Å². The highest BCUT2D eigenvalue weighted by Gasteiger charge is 2.38. The smallest absolute Gasteiger partial charge is 0.406 e. The minimum absolute atomic E-state index is 0.0674. The Morgan fingerprint density at radius 1 is 0.886 bits per heavy atom. The molecule has 1 aliphatic carbocycles. The van der Waals surface area contributed by atoms with Crippen LogP contribution in [0.15, 0.2) is 60.8 Å². The van der Waals surface area contributed by atoms with Crippen molar-refractivity contribution in [2.24, 2.45) is 0 Å². The van der Waals surface area contributed by atoms with Gasteiger partial charge in [-0.1, -0.05) is 35.5 Å². The van der Waals surface area contributed by atoms with Crippen LogP contribution in [0.1, 0.15) is 60.6 Å². The van der Waals surface area contributed by atoms with E-state index in [0.717, 1.165) is 44.3 Å². The highest BCUT2D eigenvalue weighted by atomic mass is 19.4. The second-order valence-corrected chi connectivity index (χ2v) is 11.9. The van der Waals surface area contributed by atoms with E-state index in [-0.39, 0.29) is 17.7 Å². The van der Waals surface area contributed by atoms with E-state index in [0.29, 0.717) is 54.1 Å². The van der Waals surface area contributed by atoms with Crippen molar-refractivity contribution in [2.75, 3.05) is 26.2 Å². The highest BCUT2D eigenvalue weighted by molar-refractivity contribution is 5.99. The summed E-state index contributed by atoms with van der Waals surface area (Å²) in [5.41, 5.74) is 3.04. The first kappa shape index (κ1) is 28.6. The van der Waals surface area contributed by atoms with Gasteiger partial charge in [0.05, 0.1) is 12.7 Å². The largest absolute Gasteiger partial charge is 0.573 e. The van der Waals surface area contributed by atoms with Crippen LogP contribution in [0.5, 0.6) is 5.75 Å².